The number of nitrogens with zero attached hydrogens (tertiary/aromatic N) is 2. The van der Waals surface area contributed by atoms with Gasteiger partial charge in [0.2, 0.25) is 5.91 Å². The van der Waals surface area contributed by atoms with Crippen molar-refractivity contribution in [3.8, 4) is 0 Å². The highest BCUT2D eigenvalue weighted by molar-refractivity contribution is 7.94. The Morgan fingerprint density at radius 1 is 1.00 bits per heavy atom. The van der Waals surface area contributed by atoms with Crippen LogP contribution in [0.4, 0.5) is 15.8 Å². The van der Waals surface area contributed by atoms with Gasteiger partial charge in [-0.25, -0.2) is 12.8 Å². The van der Waals surface area contributed by atoms with Crippen LogP contribution in [0.1, 0.15) is 24.8 Å². The van der Waals surface area contributed by atoms with Crippen LogP contribution >= 0.6 is 11.3 Å². The Labute approximate surface area is 197 Å². The summed E-state index contributed by atoms with van der Waals surface area (Å²) in [6.45, 7) is 1.84. The Hall–Kier alpha value is -2.91. The van der Waals surface area contributed by atoms with E-state index < -0.39 is 28.3 Å². The van der Waals surface area contributed by atoms with Crippen molar-refractivity contribution in [1.29, 1.82) is 0 Å². The average molecular weight is 488 g/mol. The van der Waals surface area contributed by atoms with Crippen LogP contribution in [0.25, 0.3) is 0 Å². The summed E-state index contributed by atoms with van der Waals surface area (Å²) in [6, 6.07) is 16.6. The lowest BCUT2D eigenvalue weighted by Gasteiger charge is -2.28. The summed E-state index contributed by atoms with van der Waals surface area (Å²) in [6.07, 6.45) is 3.67. The maximum absolute atomic E-state index is 14.5. The zero-order valence-electron chi connectivity index (χ0n) is 18.1. The summed E-state index contributed by atoms with van der Waals surface area (Å²) >= 11 is 1.02. The van der Waals surface area contributed by atoms with Gasteiger partial charge in [-0.1, -0.05) is 30.3 Å². The number of thiophene rings is 1. The summed E-state index contributed by atoms with van der Waals surface area (Å²) in [7, 11) is -4.08. The molecule has 9 heteroatoms. The number of anilines is 2. The first-order valence-electron chi connectivity index (χ1n) is 10.9. The lowest BCUT2D eigenvalue weighted by Crippen LogP contribution is -2.40. The SMILES string of the molecule is O=C(CN(c1ccccc1F)S(=O)(=O)c1cccs1)NCc1ccc(N2CCCCC2)cc1. The fraction of sp³-hybridized carbons (Fsp3) is 0.292. The van der Waals surface area contributed by atoms with Crippen LogP contribution in [0, 0.1) is 5.82 Å². The van der Waals surface area contributed by atoms with Gasteiger partial charge in [-0.05, 0) is 60.5 Å². The van der Waals surface area contributed by atoms with Crippen molar-refractivity contribution in [3.05, 3.63) is 77.4 Å². The van der Waals surface area contributed by atoms with Gasteiger partial charge in [0, 0.05) is 25.3 Å². The van der Waals surface area contributed by atoms with Crippen molar-refractivity contribution < 1.29 is 17.6 Å². The number of halogens is 1. The largest absolute Gasteiger partial charge is 0.372 e. The van der Waals surface area contributed by atoms with Crippen LogP contribution in [0.2, 0.25) is 0 Å². The van der Waals surface area contributed by atoms with Crippen molar-refractivity contribution in [2.45, 2.75) is 30.0 Å². The second-order valence-corrected chi connectivity index (χ2v) is 10.9. The Morgan fingerprint density at radius 2 is 1.73 bits per heavy atom. The maximum Gasteiger partial charge on any atom is 0.274 e. The van der Waals surface area contributed by atoms with Crippen molar-refractivity contribution in [2.75, 3.05) is 28.8 Å². The van der Waals surface area contributed by atoms with Gasteiger partial charge >= 0.3 is 0 Å². The number of benzene rings is 2. The molecule has 6 nitrogen and oxygen atoms in total. The molecule has 0 aliphatic carbocycles. The zero-order valence-corrected chi connectivity index (χ0v) is 19.7. The van der Waals surface area contributed by atoms with E-state index in [9.17, 15) is 17.6 Å². The molecule has 0 bridgehead atoms. The third kappa shape index (κ3) is 5.54. The van der Waals surface area contributed by atoms with Crippen LogP contribution < -0.4 is 14.5 Å². The lowest BCUT2D eigenvalue weighted by molar-refractivity contribution is -0.119. The molecule has 2 aromatic carbocycles. The first-order valence-corrected chi connectivity index (χ1v) is 13.2. The molecule has 3 aromatic rings. The molecule has 1 aromatic heterocycles. The van der Waals surface area contributed by atoms with Gasteiger partial charge in [0.15, 0.2) is 0 Å². The fourth-order valence-electron chi connectivity index (χ4n) is 3.84. The lowest BCUT2D eigenvalue weighted by atomic mass is 10.1. The average Bonchev–Trinajstić information content (AvgIpc) is 3.39. The van der Waals surface area contributed by atoms with Gasteiger partial charge in [-0.2, -0.15) is 0 Å². The van der Waals surface area contributed by atoms with Gasteiger partial charge in [0.25, 0.3) is 10.0 Å². The number of sulfonamides is 1. The minimum Gasteiger partial charge on any atom is -0.372 e. The Kier molecular flexibility index (Phi) is 7.29. The van der Waals surface area contributed by atoms with Gasteiger partial charge in [0.05, 0.1) is 5.69 Å². The third-order valence-electron chi connectivity index (χ3n) is 5.60. The van der Waals surface area contributed by atoms with Crippen LogP contribution in [0.15, 0.2) is 70.3 Å². The maximum atomic E-state index is 14.5. The van der Waals surface area contributed by atoms with E-state index in [2.05, 4.69) is 10.2 Å². The van der Waals surface area contributed by atoms with Crippen LogP contribution in [-0.4, -0.2) is 34.0 Å². The Morgan fingerprint density at radius 3 is 2.39 bits per heavy atom. The summed E-state index contributed by atoms with van der Waals surface area (Å²) in [4.78, 5) is 15.1. The highest BCUT2D eigenvalue weighted by Gasteiger charge is 2.29. The van der Waals surface area contributed by atoms with Crippen LogP contribution in [-0.2, 0) is 21.4 Å². The summed E-state index contributed by atoms with van der Waals surface area (Å²) in [5.74, 6) is -1.22. The smallest absolute Gasteiger partial charge is 0.274 e. The minimum atomic E-state index is -4.08. The van der Waals surface area contributed by atoms with Crippen molar-refractivity contribution in [2.24, 2.45) is 0 Å². The van der Waals surface area contributed by atoms with E-state index in [0.717, 1.165) is 40.0 Å². The third-order valence-corrected chi connectivity index (χ3v) is 8.73. The normalized spacial score (nSPS) is 14.2. The number of para-hydroxylation sites is 1. The number of carbonyl (C=O) groups is 1. The number of nitrogens with one attached hydrogen (secondary N) is 1. The summed E-state index contributed by atoms with van der Waals surface area (Å²) < 4.78 is 41.6. The number of piperidine rings is 1. The van der Waals surface area contributed by atoms with E-state index in [1.807, 2.05) is 24.3 Å². The Bertz CT molecular complexity index is 1180. The van der Waals surface area contributed by atoms with Crippen molar-refractivity contribution >= 4 is 38.6 Å². The Balaban J connectivity index is 1.45. The molecule has 33 heavy (non-hydrogen) atoms. The van der Waals surface area contributed by atoms with E-state index in [4.69, 9.17) is 0 Å². The molecule has 174 valence electrons. The molecule has 1 fully saturated rings. The first kappa shape index (κ1) is 23.3. The van der Waals surface area contributed by atoms with Crippen LogP contribution in [0.3, 0.4) is 0 Å². The first-order chi connectivity index (χ1) is 15.9. The van der Waals surface area contributed by atoms with Gasteiger partial charge in [-0.15, -0.1) is 11.3 Å². The molecule has 0 spiro atoms. The molecule has 1 aliphatic heterocycles. The van der Waals surface area contributed by atoms with Crippen molar-refractivity contribution in [3.63, 3.8) is 0 Å². The second-order valence-electron chi connectivity index (χ2n) is 7.89. The van der Waals surface area contributed by atoms with E-state index in [1.54, 1.807) is 11.4 Å². The predicted octanol–water partition coefficient (Wildman–Crippen LogP) is 4.39. The van der Waals surface area contributed by atoms with Crippen LogP contribution in [0.5, 0.6) is 0 Å². The molecule has 1 saturated heterocycles. The molecule has 2 heterocycles. The van der Waals surface area contributed by atoms with E-state index >= 15 is 0 Å². The highest BCUT2D eigenvalue weighted by atomic mass is 32.2. The number of hydrogen-bond donors (Lipinski definition) is 1. The fourth-order valence-corrected chi connectivity index (χ4v) is 6.37. The van der Waals surface area contributed by atoms with Crippen molar-refractivity contribution in [1.82, 2.24) is 5.32 Å². The second kappa shape index (κ2) is 10.4. The predicted molar refractivity (Wildman–Crippen MR) is 130 cm³/mol. The van der Waals surface area contributed by atoms with E-state index in [1.165, 1.54) is 49.6 Å². The van der Waals surface area contributed by atoms with E-state index in [0.29, 0.717) is 0 Å². The number of hydrogen-bond acceptors (Lipinski definition) is 5. The highest BCUT2D eigenvalue weighted by Crippen LogP contribution is 2.28. The standard InChI is InChI=1S/C24H26FN3O3S2/c25-21-7-2-3-8-22(21)28(33(30,31)24-9-6-16-32-24)18-23(29)26-17-19-10-12-20(13-11-19)27-14-4-1-5-15-27/h2-3,6-13,16H,1,4-5,14-15,17-18H2,(H,26,29). The molecule has 1 N–H and O–H groups in total. The molecule has 0 atom stereocenters. The minimum absolute atomic E-state index is 0.0480. The molecular weight excluding hydrogens is 461 g/mol. The number of amides is 1. The zero-order chi connectivity index (χ0) is 23.3. The molecule has 1 aliphatic rings. The monoisotopic (exact) mass is 487 g/mol. The van der Waals surface area contributed by atoms with Gasteiger partial charge in [0.1, 0.15) is 16.6 Å². The number of rotatable bonds is 8. The van der Waals surface area contributed by atoms with Gasteiger partial charge in [-0.3, -0.25) is 9.10 Å². The molecular formula is C24H26FN3O3S2. The molecule has 4 rings (SSSR count). The van der Waals surface area contributed by atoms with E-state index in [-0.39, 0.29) is 16.4 Å². The molecule has 0 saturated carbocycles. The molecule has 0 unspecified atom stereocenters. The topological polar surface area (TPSA) is 69.7 Å². The van der Waals surface area contributed by atoms with Gasteiger partial charge < -0.3 is 10.2 Å². The molecule has 1 amide bonds. The molecule has 0 radical (unpaired) electrons. The quantitative estimate of drug-likeness (QED) is 0.512. The summed E-state index contributed by atoms with van der Waals surface area (Å²) in [5.41, 5.74) is 1.91. The summed E-state index contributed by atoms with van der Waals surface area (Å²) in [5, 5.41) is 4.38. The number of carbonyl (C=O) groups excluding carboxylic acids is 1.